The average Bonchev–Trinajstić information content (AvgIpc) is 2.43. The van der Waals surface area contributed by atoms with Crippen LogP contribution in [0.2, 0.25) is 0 Å². The van der Waals surface area contributed by atoms with Crippen molar-refractivity contribution in [2.45, 2.75) is 78.6 Å². The van der Waals surface area contributed by atoms with Crippen LogP contribution < -0.4 is 0 Å². The van der Waals surface area contributed by atoms with Crippen molar-refractivity contribution in [3.05, 3.63) is 0 Å². The lowest BCUT2D eigenvalue weighted by molar-refractivity contribution is 0.0464. The maximum atomic E-state index is 5.65. The molecule has 0 bridgehead atoms. The second kappa shape index (κ2) is 16.0. The first kappa shape index (κ1) is 18.9. The van der Waals surface area contributed by atoms with Crippen LogP contribution in [-0.2, 0) is 9.47 Å². The first-order valence-electron chi connectivity index (χ1n) is 8.50. The Bertz CT molecular complexity index is 159. The highest BCUT2D eigenvalue weighted by molar-refractivity contribution is 4.60. The highest BCUT2D eigenvalue weighted by Gasteiger charge is 2.08. The predicted molar refractivity (Wildman–Crippen MR) is 83.7 cm³/mol. The van der Waals surface area contributed by atoms with Gasteiger partial charge < -0.3 is 9.47 Å². The van der Waals surface area contributed by atoms with Gasteiger partial charge in [0.15, 0.2) is 0 Å². The van der Waals surface area contributed by atoms with E-state index in [1.807, 2.05) is 6.92 Å². The average molecular weight is 272 g/mol. The van der Waals surface area contributed by atoms with Crippen molar-refractivity contribution >= 4 is 0 Å². The first-order valence-corrected chi connectivity index (χ1v) is 8.50. The molecule has 0 aliphatic carbocycles. The maximum absolute atomic E-state index is 5.65. The van der Waals surface area contributed by atoms with Crippen LogP contribution in [0.5, 0.6) is 0 Å². The number of unbranched alkanes of at least 4 members (excludes halogenated alkanes) is 4. The fourth-order valence-corrected chi connectivity index (χ4v) is 2.40. The van der Waals surface area contributed by atoms with Gasteiger partial charge in [-0.3, -0.25) is 0 Å². The molecule has 0 rings (SSSR count). The van der Waals surface area contributed by atoms with Gasteiger partial charge in [-0.1, -0.05) is 65.2 Å². The molecule has 0 N–H and O–H groups in total. The van der Waals surface area contributed by atoms with Crippen molar-refractivity contribution in [3.8, 4) is 0 Å². The summed E-state index contributed by atoms with van der Waals surface area (Å²) in [4.78, 5) is 0. The van der Waals surface area contributed by atoms with E-state index in [4.69, 9.17) is 9.47 Å². The summed E-state index contributed by atoms with van der Waals surface area (Å²) >= 11 is 0. The van der Waals surface area contributed by atoms with Crippen molar-refractivity contribution in [2.24, 2.45) is 5.92 Å². The van der Waals surface area contributed by atoms with E-state index in [2.05, 4.69) is 13.8 Å². The van der Waals surface area contributed by atoms with Crippen LogP contribution >= 0.6 is 0 Å². The van der Waals surface area contributed by atoms with Crippen LogP contribution in [0.3, 0.4) is 0 Å². The van der Waals surface area contributed by atoms with Crippen LogP contribution in [0.25, 0.3) is 0 Å². The zero-order chi connectivity index (χ0) is 14.2. The molecule has 1 unspecified atom stereocenters. The highest BCUT2D eigenvalue weighted by Crippen LogP contribution is 2.20. The summed E-state index contributed by atoms with van der Waals surface area (Å²) in [6.45, 7) is 9.79. The summed E-state index contributed by atoms with van der Waals surface area (Å²) in [5.41, 5.74) is 0. The van der Waals surface area contributed by atoms with Crippen LogP contribution in [0.4, 0.5) is 0 Å². The minimum Gasteiger partial charge on any atom is -0.379 e. The summed E-state index contributed by atoms with van der Waals surface area (Å²) in [6, 6.07) is 0. The number of hydrogen-bond acceptors (Lipinski definition) is 2. The molecule has 0 aromatic rings. The minimum absolute atomic E-state index is 0.743. The lowest BCUT2D eigenvalue weighted by Gasteiger charge is -2.16. The van der Waals surface area contributed by atoms with E-state index in [0.717, 1.165) is 32.3 Å². The van der Waals surface area contributed by atoms with Crippen LogP contribution in [0.15, 0.2) is 0 Å². The summed E-state index contributed by atoms with van der Waals surface area (Å²) in [5, 5.41) is 0. The van der Waals surface area contributed by atoms with Crippen molar-refractivity contribution in [3.63, 3.8) is 0 Å². The SMILES string of the molecule is CCCCCCC(CCCC)CCOCCOCC. The molecule has 0 heterocycles. The molecule has 19 heavy (non-hydrogen) atoms. The van der Waals surface area contributed by atoms with E-state index in [-0.39, 0.29) is 0 Å². The van der Waals surface area contributed by atoms with E-state index in [1.54, 1.807) is 0 Å². The minimum atomic E-state index is 0.743. The molecule has 0 fully saturated rings. The van der Waals surface area contributed by atoms with Gasteiger partial charge in [0.2, 0.25) is 0 Å². The Morgan fingerprint density at radius 2 is 1.32 bits per heavy atom. The zero-order valence-corrected chi connectivity index (χ0v) is 13.6. The maximum Gasteiger partial charge on any atom is 0.0700 e. The summed E-state index contributed by atoms with van der Waals surface area (Å²) in [5.74, 6) is 0.879. The van der Waals surface area contributed by atoms with Gasteiger partial charge in [-0.15, -0.1) is 0 Å². The van der Waals surface area contributed by atoms with Gasteiger partial charge in [-0.25, -0.2) is 0 Å². The Morgan fingerprint density at radius 3 is 2.00 bits per heavy atom. The molecule has 0 spiro atoms. The normalized spacial score (nSPS) is 12.8. The molecule has 0 aliphatic rings. The number of ether oxygens (including phenoxy) is 2. The molecule has 0 amide bonds. The van der Waals surface area contributed by atoms with Gasteiger partial charge in [0.25, 0.3) is 0 Å². The van der Waals surface area contributed by atoms with Gasteiger partial charge in [-0.2, -0.15) is 0 Å². The number of rotatable bonds is 15. The van der Waals surface area contributed by atoms with Crippen LogP contribution in [0.1, 0.15) is 78.6 Å². The molecule has 116 valence electrons. The van der Waals surface area contributed by atoms with Gasteiger partial charge in [0.1, 0.15) is 0 Å². The van der Waals surface area contributed by atoms with Gasteiger partial charge in [0.05, 0.1) is 13.2 Å². The molecule has 1 atom stereocenters. The summed E-state index contributed by atoms with van der Waals surface area (Å²) in [7, 11) is 0. The van der Waals surface area contributed by atoms with E-state index in [0.29, 0.717) is 0 Å². The van der Waals surface area contributed by atoms with Crippen molar-refractivity contribution in [1.29, 1.82) is 0 Å². The third kappa shape index (κ3) is 14.1. The Morgan fingerprint density at radius 1 is 0.632 bits per heavy atom. The standard InChI is InChI=1S/C17H36O2/c1-4-7-9-10-12-17(11-8-5-2)13-14-19-16-15-18-6-3/h17H,4-16H2,1-3H3. The van der Waals surface area contributed by atoms with Crippen LogP contribution in [-0.4, -0.2) is 26.4 Å². The second-order valence-electron chi connectivity index (χ2n) is 5.46. The lowest BCUT2D eigenvalue weighted by Crippen LogP contribution is -2.09. The van der Waals surface area contributed by atoms with E-state index in [1.165, 1.54) is 57.8 Å². The third-order valence-corrected chi connectivity index (χ3v) is 3.68. The molecule has 0 saturated heterocycles. The highest BCUT2D eigenvalue weighted by atomic mass is 16.5. The van der Waals surface area contributed by atoms with Crippen molar-refractivity contribution < 1.29 is 9.47 Å². The topological polar surface area (TPSA) is 18.5 Å². The first-order chi connectivity index (χ1) is 9.35. The lowest BCUT2D eigenvalue weighted by atomic mass is 9.92. The van der Waals surface area contributed by atoms with E-state index >= 15 is 0 Å². The number of hydrogen-bond donors (Lipinski definition) is 0. The third-order valence-electron chi connectivity index (χ3n) is 3.68. The van der Waals surface area contributed by atoms with Crippen LogP contribution in [0, 0.1) is 5.92 Å². The fraction of sp³-hybridized carbons (Fsp3) is 1.00. The fourth-order valence-electron chi connectivity index (χ4n) is 2.40. The molecular weight excluding hydrogens is 236 g/mol. The summed E-state index contributed by atoms with van der Waals surface area (Å²) in [6.07, 6.45) is 12.2. The second-order valence-corrected chi connectivity index (χ2v) is 5.46. The Hall–Kier alpha value is -0.0800. The molecule has 0 aromatic heterocycles. The summed E-state index contributed by atoms with van der Waals surface area (Å²) < 4.78 is 10.9. The molecule has 2 nitrogen and oxygen atoms in total. The van der Waals surface area contributed by atoms with Crippen molar-refractivity contribution in [1.82, 2.24) is 0 Å². The van der Waals surface area contributed by atoms with Gasteiger partial charge in [0, 0.05) is 13.2 Å². The molecule has 2 heteroatoms. The molecule has 0 aliphatic heterocycles. The van der Waals surface area contributed by atoms with Gasteiger partial charge in [-0.05, 0) is 19.3 Å². The Balaban J connectivity index is 3.55. The quantitative estimate of drug-likeness (QED) is 0.381. The predicted octanol–water partition coefficient (Wildman–Crippen LogP) is 5.21. The molecular formula is C17H36O2. The monoisotopic (exact) mass is 272 g/mol. The zero-order valence-electron chi connectivity index (χ0n) is 13.6. The molecule has 0 radical (unpaired) electrons. The smallest absolute Gasteiger partial charge is 0.0700 e. The van der Waals surface area contributed by atoms with E-state index < -0.39 is 0 Å². The largest absolute Gasteiger partial charge is 0.379 e. The van der Waals surface area contributed by atoms with E-state index in [9.17, 15) is 0 Å². The van der Waals surface area contributed by atoms with Crippen molar-refractivity contribution in [2.75, 3.05) is 26.4 Å². The Kier molecular flexibility index (Phi) is 15.9. The van der Waals surface area contributed by atoms with Gasteiger partial charge >= 0.3 is 0 Å². The molecule has 0 aromatic carbocycles. The Labute approximate surface area is 121 Å². The molecule has 0 saturated carbocycles.